The second kappa shape index (κ2) is 4.97. The number of benzene rings is 1. The molecular weight excluding hydrogens is 273 g/mol. The van der Waals surface area contributed by atoms with Crippen molar-refractivity contribution in [3.63, 3.8) is 0 Å². The molecule has 0 fully saturated rings. The highest BCUT2D eigenvalue weighted by atomic mass is 19.1. The Morgan fingerprint density at radius 3 is 2.71 bits per heavy atom. The van der Waals surface area contributed by atoms with Crippen LogP contribution in [0.1, 0.15) is 5.56 Å². The molecule has 1 aromatic carbocycles. The van der Waals surface area contributed by atoms with Gasteiger partial charge in [-0.15, -0.1) is 5.10 Å². The third kappa shape index (κ3) is 2.35. The molecule has 108 valence electrons. The van der Waals surface area contributed by atoms with Gasteiger partial charge in [0, 0.05) is 19.7 Å². The van der Waals surface area contributed by atoms with Crippen LogP contribution in [0.25, 0.3) is 11.2 Å². The molecule has 0 unspecified atom stereocenters. The van der Waals surface area contributed by atoms with Crippen LogP contribution in [0.4, 0.5) is 16.2 Å². The number of halogens is 1. The summed E-state index contributed by atoms with van der Waals surface area (Å²) in [5.74, 6) is 0.413. The van der Waals surface area contributed by atoms with Gasteiger partial charge in [-0.3, -0.25) is 0 Å². The van der Waals surface area contributed by atoms with E-state index in [1.54, 1.807) is 23.1 Å². The molecule has 0 saturated carbocycles. The first kappa shape index (κ1) is 13.2. The predicted octanol–water partition coefficient (Wildman–Crippen LogP) is 1.06. The fourth-order valence-electron chi connectivity index (χ4n) is 2.06. The van der Waals surface area contributed by atoms with E-state index in [2.05, 4.69) is 20.3 Å². The molecule has 0 amide bonds. The van der Waals surface area contributed by atoms with Crippen LogP contribution in [0, 0.1) is 5.82 Å². The van der Waals surface area contributed by atoms with Crippen LogP contribution >= 0.6 is 0 Å². The van der Waals surface area contributed by atoms with Gasteiger partial charge < -0.3 is 10.6 Å². The molecule has 0 spiro atoms. The highest BCUT2D eigenvalue weighted by Crippen LogP contribution is 2.21. The minimum absolute atomic E-state index is 0.128. The Bertz CT molecular complexity index is 796. The topological polar surface area (TPSA) is 85.8 Å². The predicted molar refractivity (Wildman–Crippen MR) is 77.4 cm³/mol. The van der Waals surface area contributed by atoms with Crippen LogP contribution in [-0.2, 0) is 6.54 Å². The Labute approximate surface area is 120 Å². The molecule has 7 nitrogen and oxygen atoms in total. The van der Waals surface area contributed by atoms with Crippen LogP contribution in [0.2, 0.25) is 0 Å². The number of nitrogen functional groups attached to an aromatic ring is 1. The molecule has 3 aromatic rings. The van der Waals surface area contributed by atoms with Crippen LogP contribution < -0.4 is 10.6 Å². The summed E-state index contributed by atoms with van der Waals surface area (Å²) in [5, 5.41) is 8.11. The van der Waals surface area contributed by atoms with Crippen LogP contribution in [0.3, 0.4) is 0 Å². The third-order valence-corrected chi connectivity index (χ3v) is 3.06. The van der Waals surface area contributed by atoms with Crippen molar-refractivity contribution in [2.24, 2.45) is 0 Å². The van der Waals surface area contributed by atoms with Gasteiger partial charge in [0.05, 0.1) is 6.54 Å². The maximum atomic E-state index is 13.7. The number of fused-ring (bicyclic) bond motifs is 1. The van der Waals surface area contributed by atoms with E-state index in [-0.39, 0.29) is 18.3 Å². The summed E-state index contributed by atoms with van der Waals surface area (Å²) in [5.41, 5.74) is 7.24. The summed E-state index contributed by atoms with van der Waals surface area (Å²) in [6, 6.07) is 6.51. The maximum Gasteiger partial charge on any atom is 0.224 e. The monoisotopic (exact) mass is 287 g/mol. The van der Waals surface area contributed by atoms with Gasteiger partial charge in [0.2, 0.25) is 5.95 Å². The van der Waals surface area contributed by atoms with Crippen molar-refractivity contribution in [3.05, 3.63) is 35.6 Å². The maximum absolute atomic E-state index is 13.7. The fourth-order valence-corrected chi connectivity index (χ4v) is 2.06. The largest absolute Gasteiger partial charge is 0.368 e. The van der Waals surface area contributed by atoms with Crippen molar-refractivity contribution < 1.29 is 4.39 Å². The number of hydrogen-bond acceptors (Lipinski definition) is 6. The summed E-state index contributed by atoms with van der Waals surface area (Å²) in [7, 11) is 3.66. The number of rotatable bonds is 3. The van der Waals surface area contributed by atoms with E-state index in [9.17, 15) is 4.39 Å². The Balaban J connectivity index is 2.10. The molecule has 0 aliphatic carbocycles. The van der Waals surface area contributed by atoms with Crippen molar-refractivity contribution >= 4 is 22.9 Å². The van der Waals surface area contributed by atoms with Gasteiger partial charge in [0.15, 0.2) is 17.0 Å². The lowest BCUT2D eigenvalue weighted by Crippen LogP contribution is -2.13. The first-order valence-electron chi connectivity index (χ1n) is 6.33. The van der Waals surface area contributed by atoms with Crippen LogP contribution in [-0.4, -0.2) is 39.1 Å². The number of nitrogens with zero attached hydrogens (tertiary/aromatic N) is 6. The number of hydrogen-bond donors (Lipinski definition) is 1. The Morgan fingerprint density at radius 2 is 2.00 bits per heavy atom. The fraction of sp³-hybridized carbons (Fsp3) is 0.231. The number of nitrogens with two attached hydrogens (primary N) is 1. The smallest absolute Gasteiger partial charge is 0.224 e. The molecule has 0 aliphatic heterocycles. The first-order chi connectivity index (χ1) is 10.1. The quantitative estimate of drug-likeness (QED) is 0.775. The molecule has 2 heterocycles. The second-order valence-corrected chi connectivity index (χ2v) is 4.81. The molecule has 8 heteroatoms. The molecule has 21 heavy (non-hydrogen) atoms. The molecule has 2 aromatic heterocycles. The normalized spacial score (nSPS) is 11.0. The molecular formula is C13H14FN7. The van der Waals surface area contributed by atoms with Gasteiger partial charge in [0.1, 0.15) is 5.82 Å². The average Bonchev–Trinajstić information content (AvgIpc) is 2.83. The van der Waals surface area contributed by atoms with Crippen LogP contribution in [0.15, 0.2) is 24.3 Å². The van der Waals surface area contributed by atoms with Crippen molar-refractivity contribution in [2.75, 3.05) is 24.7 Å². The van der Waals surface area contributed by atoms with Gasteiger partial charge in [-0.05, 0) is 6.07 Å². The van der Waals surface area contributed by atoms with E-state index in [0.717, 1.165) is 0 Å². The van der Waals surface area contributed by atoms with E-state index >= 15 is 0 Å². The van der Waals surface area contributed by atoms with E-state index in [1.165, 1.54) is 10.7 Å². The molecule has 0 bridgehead atoms. The van der Waals surface area contributed by atoms with Crippen molar-refractivity contribution in [3.8, 4) is 0 Å². The van der Waals surface area contributed by atoms with Gasteiger partial charge in [0.25, 0.3) is 0 Å². The summed E-state index contributed by atoms with van der Waals surface area (Å²) in [6.07, 6.45) is 0. The lowest BCUT2D eigenvalue weighted by atomic mass is 10.2. The molecule has 0 saturated heterocycles. The SMILES string of the molecule is CN(C)c1nc(N)nc2c1nnn2Cc1ccccc1F. The van der Waals surface area contributed by atoms with E-state index in [4.69, 9.17) is 5.73 Å². The van der Waals surface area contributed by atoms with Gasteiger partial charge in [-0.2, -0.15) is 9.97 Å². The second-order valence-electron chi connectivity index (χ2n) is 4.81. The zero-order chi connectivity index (χ0) is 15.0. The zero-order valence-electron chi connectivity index (χ0n) is 11.7. The molecule has 0 aliphatic rings. The lowest BCUT2D eigenvalue weighted by Gasteiger charge is -2.11. The van der Waals surface area contributed by atoms with Crippen molar-refractivity contribution in [1.82, 2.24) is 25.0 Å². The Hall–Kier alpha value is -2.77. The van der Waals surface area contributed by atoms with E-state index in [1.807, 2.05) is 14.1 Å². The zero-order valence-corrected chi connectivity index (χ0v) is 11.7. The minimum atomic E-state index is -0.295. The number of aromatic nitrogens is 5. The van der Waals surface area contributed by atoms with Gasteiger partial charge >= 0.3 is 0 Å². The highest BCUT2D eigenvalue weighted by Gasteiger charge is 2.16. The number of anilines is 2. The van der Waals surface area contributed by atoms with Gasteiger partial charge in [-0.25, -0.2) is 9.07 Å². The summed E-state index contributed by atoms with van der Waals surface area (Å²) in [4.78, 5) is 10.1. The Kier molecular flexibility index (Phi) is 3.13. The summed E-state index contributed by atoms with van der Waals surface area (Å²) in [6.45, 7) is 0.229. The summed E-state index contributed by atoms with van der Waals surface area (Å²) >= 11 is 0. The van der Waals surface area contributed by atoms with Crippen LogP contribution in [0.5, 0.6) is 0 Å². The third-order valence-electron chi connectivity index (χ3n) is 3.06. The lowest BCUT2D eigenvalue weighted by molar-refractivity contribution is 0.582. The molecule has 2 N–H and O–H groups in total. The van der Waals surface area contributed by atoms with Gasteiger partial charge in [-0.1, -0.05) is 23.4 Å². The van der Waals surface area contributed by atoms with Crippen molar-refractivity contribution in [1.29, 1.82) is 0 Å². The van der Waals surface area contributed by atoms with E-state index in [0.29, 0.717) is 22.5 Å². The highest BCUT2D eigenvalue weighted by molar-refractivity contribution is 5.83. The summed E-state index contributed by atoms with van der Waals surface area (Å²) < 4.78 is 15.3. The minimum Gasteiger partial charge on any atom is -0.368 e. The average molecular weight is 287 g/mol. The van der Waals surface area contributed by atoms with Crippen molar-refractivity contribution in [2.45, 2.75) is 6.54 Å². The molecule has 0 radical (unpaired) electrons. The standard InChI is InChI=1S/C13H14FN7/c1-20(2)11-10-12(17-13(15)16-11)21(19-18-10)7-8-5-3-4-6-9(8)14/h3-6H,7H2,1-2H3,(H2,15,16,17). The molecule has 3 rings (SSSR count). The Morgan fingerprint density at radius 1 is 1.24 bits per heavy atom. The van der Waals surface area contributed by atoms with E-state index < -0.39 is 0 Å². The molecule has 0 atom stereocenters. The first-order valence-corrected chi connectivity index (χ1v) is 6.33.